The highest BCUT2D eigenvalue weighted by Gasteiger charge is 2.28. The largest absolute Gasteiger partial charge is 0.354 e. The zero-order valence-corrected chi connectivity index (χ0v) is 19.6. The van der Waals surface area contributed by atoms with Crippen molar-refractivity contribution in [1.29, 1.82) is 0 Å². The molecular formula is C25H38N6O. The van der Waals surface area contributed by atoms with Crippen molar-refractivity contribution in [3.8, 4) is 0 Å². The number of benzene rings is 1. The molecule has 0 radical (unpaired) electrons. The summed E-state index contributed by atoms with van der Waals surface area (Å²) < 4.78 is 0. The Hall–Kier alpha value is -2.06. The summed E-state index contributed by atoms with van der Waals surface area (Å²) in [4.78, 5) is 24.4. The average molecular weight is 439 g/mol. The molecule has 1 amide bonds. The lowest BCUT2D eigenvalue weighted by Gasteiger charge is -2.37. The zero-order chi connectivity index (χ0) is 22.5. The number of piperazine rings is 1. The summed E-state index contributed by atoms with van der Waals surface area (Å²) >= 11 is 0. The lowest BCUT2D eigenvalue weighted by atomic mass is 9.83. The van der Waals surface area contributed by atoms with Gasteiger partial charge in [0, 0.05) is 70.5 Å². The van der Waals surface area contributed by atoms with Crippen molar-refractivity contribution in [1.82, 2.24) is 25.0 Å². The molecule has 1 aromatic heterocycles. The Kier molecular flexibility index (Phi) is 7.73. The van der Waals surface area contributed by atoms with Gasteiger partial charge in [0.15, 0.2) is 0 Å². The van der Waals surface area contributed by atoms with E-state index in [-0.39, 0.29) is 5.91 Å². The summed E-state index contributed by atoms with van der Waals surface area (Å²) in [7, 11) is 2.16. The van der Waals surface area contributed by atoms with Crippen LogP contribution in [0, 0.1) is 5.92 Å². The Morgan fingerprint density at radius 3 is 2.75 bits per heavy atom. The quantitative estimate of drug-likeness (QED) is 0.682. The lowest BCUT2D eigenvalue weighted by molar-refractivity contribution is -0.122. The van der Waals surface area contributed by atoms with E-state index in [1.165, 1.54) is 10.9 Å². The molecule has 0 unspecified atom stereocenters. The van der Waals surface area contributed by atoms with E-state index < -0.39 is 0 Å². The van der Waals surface area contributed by atoms with Gasteiger partial charge in [0.1, 0.15) is 0 Å². The Balaban J connectivity index is 1.34. The third kappa shape index (κ3) is 5.64. The molecule has 0 aliphatic carbocycles. The minimum atomic E-state index is 0.136. The number of carbonyl (C=O) groups is 1. The molecule has 3 N–H and O–H groups in total. The minimum absolute atomic E-state index is 0.136. The Morgan fingerprint density at radius 1 is 1.16 bits per heavy atom. The molecule has 7 nitrogen and oxygen atoms in total. The van der Waals surface area contributed by atoms with Gasteiger partial charge >= 0.3 is 0 Å². The second-order valence-corrected chi connectivity index (χ2v) is 9.64. The number of nitrogens with zero attached hydrogens (tertiary/aromatic N) is 4. The second kappa shape index (κ2) is 10.7. The van der Waals surface area contributed by atoms with Gasteiger partial charge in [0.2, 0.25) is 5.91 Å². The number of fused-ring (bicyclic) bond motifs is 1. The van der Waals surface area contributed by atoms with Crippen LogP contribution in [0.3, 0.4) is 0 Å². The van der Waals surface area contributed by atoms with Crippen molar-refractivity contribution in [2.75, 3.05) is 66.0 Å². The molecule has 2 atom stereocenters. The molecule has 0 bridgehead atoms. The van der Waals surface area contributed by atoms with Gasteiger partial charge in [-0.3, -0.25) is 19.6 Å². The van der Waals surface area contributed by atoms with Crippen LogP contribution in [0.1, 0.15) is 30.4 Å². The van der Waals surface area contributed by atoms with Gasteiger partial charge in [0.05, 0.1) is 12.1 Å². The first kappa shape index (κ1) is 23.1. The molecule has 2 saturated heterocycles. The summed E-state index contributed by atoms with van der Waals surface area (Å²) in [5.41, 5.74) is 9.37. The number of nitrogens with two attached hydrogens (primary N) is 1. The summed E-state index contributed by atoms with van der Waals surface area (Å²) in [6, 6.07) is 8.51. The van der Waals surface area contributed by atoms with Gasteiger partial charge in [0.25, 0.3) is 0 Å². The topological polar surface area (TPSA) is 77.7 Å². The van der Waals surface area contributed by atoms with Crippen molar-refractivity contribution >= 4 is 16.8 Å². The summed E-state index contributed by atoms with van der Waals surface area (Å²) in [5, 5.41) is 4.34. The average Bonchev–Trinajstić information content (AvgIpc) is 2.79. The third-order valence-corrected chi connectivity index (χ3v) is 7.00. The predicted octanol–water partition coefficient (Wildman–Crippen LogP) is 1.48. The van der Waals surface area contributed by atoms with Gasteiger partial charge in [-0.1, -0.05) is 25.1 Å². The highest BCUT2D eigenvalue weighted by molar-refractivity contribution is 5.85. The van der Waals surface area contributed by atoms with Crippen molar-refractivity contribution in [2.45, 2.75) is 25.8 Å². The maximum absolute atomic E-state index is 12.6. The van der Waals surface area contributed by atoms with Crippen molar-refractivity contribution < 1.29 is 4.79 Å². The van der Waals surface area contributed by atoms with Crippen molar-refractivity contribution in [3.05, 3.63) is 41.6 Å². The van der Waals surface area contributed by atoms with Crippen LogP contribution in [-0.4, -0.2) is 91.5 Å². The number of amides is 1. The molecule has 1 aromatic carbocycles. The SMILES string of the molecule is C[C@@H]1C[C@@H](c2ccc(CN)c3ncccc23)CN(CC(=O)NCCN2CCN(C)CC2)C1. The van der Waals surface area contributed by atoms with E-state index in [9.17, 15) is 4.79 Å². The van der Waals surface area contributed by atoms with E-state index in [2.05, 4.69) is 57.2 Å². The fourth-order valence-electron chi connectivity index (χ4n) is 5.27. The van der Waals surface area contributed by atoms with Crippen molar-refractivity contribution in [2.24, 2.45) is 11.7 Å². The Morgan fingerprint density at radius 2 is 1.97 bits per heavy atom. The highest BCUT2D eigenvalue weighted by Crippen LogP contribution is 2.34. The molecule has 4 rings (SSSR count). The molecule has 2 aromatic rings. The number of likely N-dealkylation sites (N-methyl/N-ethyl adjacent to an activating group) is 1. The van der Waals surface area contributed by atoms with Crippen LogP contribution in [0.2, 0.25) is 0 Å². The number of likely N-dealkylation sites (tertiary alicyclic amines) is 1. The Bertz CT molecular complexity index is 910. The van der Waals surface area contributed by atoms with E-state index in [1.54, 1.807) is 0 Å². The van der Waals surface area contributed by atoms with Gasteiger partial charge in [-0.2, -0.15) is 0 Å². The third-order valence-electron chi connectivity index (χ3n) is 7.00. The van der Waals surface area contributed by atoms with Gasteiger partial charge in [-0.05, 0) is 42.5 Å². The van der Waals surface area contributed by atoms with Gasteiger partial charge < -0.3 is 16.0 Å². The molecule has 3 heterocycles. The van der Waals surface area contributed by atoms with Gasteiger partial charge in [-0.15, -0.1) is 0 Å². The fourth-order valence-corrected chi connectivity index (χ4v) is 5.27. The number of nitrogens with one attached hydrogen (secondary N) is 1. The van der Waals surface area contributed by atoms with Crippen LogP contribution in [0.5, 0.6) is 0 Å². The molecular weight excluding hydrogens is 400 g/mol. The van der Waals surface area contributed by atoms with E-state index in [0.29, 0.717) is 24.9 Å². The van der Waals surface area contributed by atoms with E-state index in [4.69, 9.17) is 5.73 Å². The summed E-state index contributed by atoms with van der Waals surface area (Å²) in [6.07, 6.45) is 2.97. The minimum Gasteiger partial charge on any atom is -0.354 e. The number of hydrogen-bond acceptors (Lipinski definition) is 6. The van der Waals surface area contributed by atoms with E-state index in [0.717, 1.165) is 69.9 Å². The Labute approximate surface area is 191 Å². The second-order valence-electron chi connectivity index (χ2n) is 9.64. The molecule has 7 heteroatoms. The van der Waals surface area contributed by atoms with Crippen LogP contribution < -0.4 is 11.1 Å². The zero-order valence-electron chi connectivity index (χ0n) is 19.6. The lowest BCUT2D eigenvalue weighted by Crippen LogP contribution is -2.48. The van der Waals surface area contributed by atoms with Crippen LogP contribution in [0.15, 0.2) is 30.5 Å². The monoisotopic (exact) mass is 438 g/mol. The number of carbonyl (C=O) groups excluding carboxylic acids is 1. The summed E-state index contributed by atoms with van der Waals surface area (Å²) in [6.45, 7) is 11.2. The first-order valence-electron chi connectivity index (χ1n) is 12.0. The van der Waals surface area contributed by atoms with Crippen molar-refractivity contribution in [3.63, 3.8) is 0 Å². The number of pyridine rings is 1. The molecule has 2 aliphatic heterocycles. The predicted molar refractivity (Wildman–Crippen MR) is 130 cm³/mol. The van der Waals surface area contributed by atoms with Crippen LogP contribution in [0.4, 0.5) is 0 Å². The first-order valence-corrected chi connectivity index (χ1v) is 12.0. The smallest absolute Gasteiger partial charge is 0.234 e. The molecule has 2 fully saturated rings. The van der Waals surface area contributed by atoms with Gasteiger partial charge in [-0.25, -0.2) is 0 Å². The molecule has 174 valence electrons. The van der Waals surface area contributed by atoms with Crippen LogP contribution >= 0.6 is 0 Å². The number of piperidine rings is 1. The maximum Gasteiger partial charge on any atom is 0.234 e. The normalized spacial score (nSPS) is 23.5. The van der Waals surface area contributed by atoms with E-state index >= 15 is 0 Å². The number of rotatable bonds is 7. The number of hydrogen-bond donors (Lipinski definition) is 2. The maximum atomic E-state index is 12.6. The standard InChI is InChI=1S/C25H38N6O/c1-19-14-21(22-6-5-20(15-26)25-23(22)4-3-7-28-25)17-31(16-19)18-24(32)27-8-9-30-12-10-29(2)11-13-30/h3-7,19,21H,8-18,26H2,1-2H3,(H,27,32)/t19-,21-/m1/s1. The van der Waals surface area contributed by atoms with Crippen LogP contribution in [-0.2, 0) is 11.3 Å². The van der Waals surface area contributed by atoms with Crippen LogP contribution in [0.25, 0.3) is 10.9 Å². The summed E-state index contributed by atoms with van der Waals surface area (Å²) in [5.74, 6) is 1.08. The number of aromatic nitrogens is 1. The highest BCUT2D eigenvalue weighted by atomic mass is 16.2. The molecule has 2 aliphatic rings. The van der Waals surface area contributed by atoms with E-state index in [1.807, 2.05) is 12.3 Å². The molecule has 32 heavy (non-hydrogen) atoms. The first-order chi connectivity index (χ1) is 15.5. The fraction of sp³-hybridized carbons (Fsp3) is 0.600. The molecule has 0 spiro atoms. The molecule has 0 saturated carbocycles.